The highest BCUT2D eigenvalue weighted by atomic mass is 127. The van der Waals surface area contributed by atoms with Gasteiger partial charge < -0.3 is 20.4 Å². The van der Waals surface area contributed by atoms with Crippen molar-refractivity contribution in [3.05, 3.63) is 47.3 Å². The predicted octanol–water partition coefficient (Wildman–Crippen LogP) is 3.61. The van der Waals surface area contributed by atoms with Crippen molar-refractivity contribution in [1.82, 2.24) is 10.2 Å². The van der Waals surface area contributed by atoms with Gasteiger partial charge in [0.05, 0.1) is 11.5 Å². The van der Waals surface area contributed by atoms with Gasteiger partial charge in [0.15, 0.2) is 5.96 Å². The fourth-order valence-corrected chi connectivity index (χ4v) is 3.92. The molecule has 1 aliphatic rings. The Morgan fingerprint density at radius 1 is 1.18 bits per heavy atom. The molecule has 2 aromatic rings. The zero-order valence-corrected chi connectivity index (χ0v) is 19.5. The molecule has 2 heterocycles. The second-order valence-electron chi connectivity index (χ2n) is 6.48. The molecule has 0 atom stereocenters. The van der Waals surface area contributed by atoms with Crippen LogP contribution in [0.5, 0.6) is 0 Å². The molecule has 2 N–H and O–H groups in total. The number of amides is 1. The summed E-state index contributed by atoms with van der Waals surface area (Å²) in [5.41, 5.74) is 1.89. The lowest BCUT2D eigenvalue weighted by molar-refractivity contribution is -0.114. The molecule has 1 aliphatic heterocycles. The summed E-state index contributed by atoms with van der Waals surface area (Å²) in [7, 11) is 0. The van der Waals surface area contributed by atoms with Crippen LogP contribution < -0.4 is 15.5 Å². The molecule has 6 nitrogen and oxygen atoms in total. The molecule has 3 rings (SSSR count). The molecule has 0 radical (unpaired) electrons. The number of carbonyl (C=O) groups is 1. The number of carbonyl (C=O) groups excluding carboxylic acids is 1. The van der Waals surface area contributed by atoms with E-state index in [1.807, 2.05) is 24.3 Å². The highest BCUT2D eigenvalue weighted by Gasteiger charge is 2.20. The van der Waals surface area contributed by atoms with E-state index in [-0.39, 0.29) is 29.9 Å². The maximum absolute atomic E-state index is 11.2. The maximum Gasteiger partial charge on any atom is 0.221 e. The van der Waals surface area contributed by atoms with Gasteiger partial charge in [0.25, 0.3) is 0 Å². The molecule has 8 heteroatoms. The van der Waals surface area contributed by atoms with Gasteiger partial charge in [-0.3, -0.25) is 4.79 Å². The fourth-order valence-electron chi connectivity index (χ4n) is 3.13. The van der Waals surface area contributed by atoms with E-state index in [1.54, 1.807) is 11.3 Å². The van der Waals surface area contributed by atoms with Gasteiger partial charge in [-0.2, -0.15) is 0 Å². The Bertz CT molecular complexity index is 773. The lowest BCUT2D eigenvalue weighted by Gasteiger charge is -2.37. The average molecular weight is 513 g/mol. The van der Waals surface area contributed by atoms with Gasteiger partial charge >= 0.3 is 0 Å². The second-order valence-corrected chi connectivity index (χ2v) is 7.40. The van der Waals surface area contributed by atoms with Crippen molar-refractivity contribution in [2.75, 3.05) is 42.9 Å². The zero-order valence-electron chi connectivity index (χ0n) is 16.4. The van der Waals surface area contributed by atoms with E-state index in [2.05, 4.69) is 44.9 Å². The summed E-state index contributed by atoms with van der Waals surface area (Å²) < 4.78 is 0. The van der Waals surface area contributed by atoms with Crippen LogP contribution in [-0.2, 0) is 11.3 Å². The van der Waals surface area contributed by atoms with Crippen LogP contribution in [0.25, 0.3) is 0 Å². The predicted molar refractivity (Wildman–Crippen MR) is 129 cm³/mol. The first-order valence-corrected chi connectivity index (χ1v) is 10.2. The summed E-state index contributed by atoms with van der Waals surface area (Å²) in [4.78, 5) is 20.8. The minimum Gasteiger partial charge on any atom is -0.360 e. The molecule has 0 saturated carbocycles. The molecule has 152 valence electrons. The molecule has 1 amide bonds. The summed E-state index contributed by atoms with van der Waals surface area (Å²) in [6.45, 7) is 8.95. The van der Waals surface area contributed by atoms with Crippen LogP contribution in [-0.4, -0.2) is 49.5 Å². The smallest absolute Gasteiger partial charge is 0.221 e. The van der Waals surface area contributed by atoms with Crippen LogP contribution in [0.4, 0.5) is 10.7 Å². The van der Waals surface area contributed by atoms with Crippen LogP contribution in [0.1, 0.15) is 19.4 Å². The number of guanidine groups is 1. The number of halogens is 1. The third kappa shape index (κ3) is 6.37. The number of thiophene rings is 1. The minimum absolute atomic E-state index is 0. The number of hydrogen-bond donors (Lipinski definition) is 2. The largest absolute Gasteiger partial charge is 0.360 e. The Kier molecular flexibility index (Phi) is 9.04. The van der Waals surface area contributed by atoms with Gasteiger partial charge in [-0.05, 0) is 42.1 Å². The number of nitrogens with zero attached hydrogens (tertiary/aromatic N) is 3. The van der Waals surface area contributed by atoms with Gasteiger partial charge in [0, 0.05) is 45.3 Å². The summed E-state index contributed by atoms with van der Waals surface area (Å²) in [5.74, 6) is 0.890. The molecular weight excluding hydrogens is 485 g/mol. The molecule has 28 heavy (non-hydrogen) atoms. The van der Waals surface area contributed by atoms with Gasteiger partial charge in [-0.25, -0.2) is 4.99 Å². The number of nitrogens with one attached hydrogen (secondary N) is 2. The van der Waals surface area contributed by atoms with Gasteiger partial charge in [-0.15, -0.1) is 35.3 Å². The first-order chi connectivity index (χ1) is 13.2. The van der Waals surface area contributed by atoms with Crippen molar-refractivity contribution in [3.8, 4) is 0 Å². The van der Waals surface area contributed by atoms with E-state index in [4.69, 9.17) is 4.99 Å². The highest BCUT2D eigenvalue weighted by Crippen LogP contribution is 2.22. The molecule has 0 spiro atoms. The zero-order chi connectivity index (χ0) is 19.1. The van der Waals surface area contributed by atoms with Crippen molar-refractivity contribution in [2.45, 2.75) is 20.4 Å². The molecule has 1 saturated heterocycles. The van der Waals surface area contributed by atoms with Crippen LogP contribution in [0.15, 0.2) is 46.8 Å². The molecule has 1 aromatic carbocycles. The Hall–Kier alpha value is -1.81. The standard InChI is InChI=1S/C20H27N5OS.HI/c1-3-21-20(22-15-17-6-4-7-18(14-17)23-16(2)26)25-11-9-24(10-12-25)19-8-5-13-27-19;/h4-8,13-14H,3,9-12,15H2,1-2H3,(H,21,22)(H,23,26);1H. The third-order valence-electron chi connectivity index (χ3n) is 4.39. The van der Waals surface area contributed by atoms with E-state index in [0.717, 1.165) is 49.9 Å². The number of rotatable bonds is 5. The topological polar surface area (TPSA) is 60.0 Å². The number of aliphatic imine (C=N–C) groups is 1. The quantitative estimate of drug-likeness (QED) is 0.365. The van der Waals surface area contributed by atoms with Crippen LogP contribution in [0.2, 0.25) is 0 Å². The van der Waals surface area contributed by atoms with Crippen LogP contribution >= 0.6 is 35.3 Å². The van der Waals surface area contributed by atoms with Gasteiger partial charge in [0.1, 0.15) is 0 Å². The molecule has 0 bridgehead atoms. The lowest BCUT2D eigenvalue weighted by Crippen LogP contribution is -2.52. The number of piperazine rings is 1. The Morgan fingerprint density at radius 2 is 1.96 bits per heavy atom. The van der Waals surface area contributed by atoms with Gasteiger partial charge in [-0.1, -0.05) is 12.1 Å². The molecule has 0 aliphatic carbocycles. The molecular formula is C20H28IN5OS. The van der Waals surface area contributed by atoms with E-state index in [0.29, 0.717) is 6.54 Å². The van der Waals surface area contributed by atoms with E-state index >= 15 is 0 Å². The first kappa shape index (κ1) is 22.5. The van der Waals surface area contributed by atoms with E-state index in [9.17, 15) is 4.79 Å². The summed E-state index contributed by atoms with van der Waals surface area (Å²) in [6.07, 6.45) is 0. The highest BCUT2D eigenvalue weighted by molar-refractivity contribution is 14.0. The molecule has 0 unspecified atom stereocenters. The summed E-state index contributed by atoms with van der Waals surface area (Å²) in [5, 5.41) is 9.70. The fraction of sp³-hybridized carbons (Fsp3) is 0.400. The van der Waals surface area contributed by atoms with Crippen LogP contribution in [0.3, 0.4) is 0 Å². The summed E-state index contributed by atoms with van der Waals surface area (Å²) >= 11 is 1.79. The SMILES string of the molecule is CCNC(=NCc1cccc(NC(C)=O)c1)N1CCN(c2cccs2)CC1.I. The van der Waals surface area contributed by atoms with E-state index < -0.39 is 0 Å². The number of benzene rings is 1. The van der Waals surface area contributed by atoms with Gasteiger partial charge in [0.2, 0.25) is 5.91 Å². The van der Waals surface area contributed by atoms with Crippen molar-refractivity contribution in [3.63, 3.8) is 0 Å². The van der Waals surface area contributed by atoms with Crippen molar-refractivity contribution < 1.29 is 4.79 Å². The third-order valence-corrected chi connectivity index (χ3v) is 5.32. The normalized spacial score (nSPS) is 14.4. The van der Waals surface area contributed by atoms with E-state index in [1.165, 1.54) is 11.9 Å². The summed E-state index contributed by atoms with van der Waals surface area (Å²) in [6, 6.07) is 12.1. The van der Waals surface area contributed by atoms with Crippen molar-refractivity contribution in [2.24, 2.45) is 4.99 Å². The number of hydrogen-bond acceptors (Lipinski definition) is 4. The van der Waals surface area contributed by atoms with Crippen molar-refractivity contribution in [1.29, 1.82) is 0 Å². The minimum atomic E-state index is -0.0624. The Balaban J connectivity index is 0.00000280. The second kappa shape index (κ2) is 11.3. The first-order valence-electron chi connectivity index (χ1n) is 9.34. The lowest BCUT2D eigenvalue weighted by atomic mass is 10.2. The number of anilines is 2. The van der Waals surface area contributed by atoms with Crippen LogP contribution in [0, 0.1) is 0 Å². The molecule has 1 fully saturated rings. The molecule has 1 aromatic heterocycles. The maximum atomic E-state index is 11.2. The Morgan fingerprint density at radius 3 is 2.61 bits per heavy atom. The average Bonchev–Trinajstić information content (AvgIpc) is 3.20. The monoisotopic (exact) mass is 513 g/mol. The Labute approximate surface area is 188 Å². The van der Waals surface area contributed by atoms with Crippen molar-refractivity contribution >= 4 is 57.9 Å².